The van der Waals surface area contributed by atoms with Gasteiger partial charge in [-0.25, -0.2) is 4.79 Å². The van der Waals surface area contributed by atoms with Crippen molar-refractivity contribution in [3.63, 3.8) is 0 Å². The summed E-state index contributed by atoms with van der Waals surface area (Å²) in [4.78, 5) is 27.6. The number of fused-ring (bicyclic) bond motifs is 1. The summed E-state index contributed by atoms with van der Waals surface area (Å²) >= 11 is 0. The van der Waals surface area contributed by atoms with E-state index in [4.69, 9.17) is 4.74 Å². The van der Waals surface area contributed by atoms with Gasteiger partial charge in [-0.3, -0.25) is 9.78 Å². The van der Waals surface area contributed by atoms with Crippen molar-refractivity contribution in [3.8, 4) is 0 Å². The van der Waals surface area contributed by atoms with Gasteiger partial charge in [0.25, 0.3) is 5.91 Å². The van der Waals surface area contributed by atoms with Crippen molar-refractivity contribution in [2.24, 2.45) is 0 Å². The van der Waals surface area contributed by atoms with Crippen LogP contribution >= 0.6 is 0 Å². The summed E-state index contributed by atoms with van der Waals surface area (Å²) in [6.45, 7) is 2.54. The molecule has 3 rings (SSSR count). The Balaban J connectivity index is 1.84. The fraction of sp³-hybridized carbons (Fsp3) is 0.389. The van der Waals surface area contributed by atoms with Gasteiger partial charge in [-0.1, -0.05) is 13.0 Å². The van der Waals surface area contributed by atoms with Gasteiger partial charge in [0.05, 0.1) is 30.5 Å². The van der Waals surface area contributed by atoms with E-state index in [0.717, 1.165) is 12.3 Å². The number of carbonyl (C=O) groups is 2. The molecule has 0 spiro atoms. The van der Waals surface area contributed by atoms with E-state index in [1.54, 1.807) is 6.92 Å². The number of pyridine rings is 1. The maximum Gasteiger partial charge on any atom is 0.433 e. The van der Waals surface area contributed by atoms with E-state index < -0.39 is 29.8 Å². The fourth-order valence-corrected chi connectivity index (χ4v) is 3.13. The molecule has 1 aliphatic rings. The Bertz CT molecular complexity index is 891. The van der Waals surface area contributed by atoms with Crippen molar-refractivity contribution >= 4 is 11.9 Å². The van der Waals surface area contributed by atoms with Crippen molar-refractivity contribution in [2.75, 3.05) is 6.61 Å². The Morgan fingerprint density at radius 1 is 1.39 bits per heavy atom. The quantitative estimate of drug-likeness (QED) is 0.809. The second-order valence-corrected chi connectivity index (χ2v) is 6.31. The summed E-state index contributed by atoms with van der Waals surface area (Å²) in [5, 5.41) is 12.1. The predicted molar refractivity (Wildman–Crippen MR) is 90.8 cm³/mol. The number of halogens is 3. The molecule has 0 saturated carbocycles. The minimum Gasteiger partial charge on any atom is -0.477 e. The van der Waals surface area contributed by atoms with Gasteiger partial charge in [-0.15, -0.1) is 0 Å². The first kappa shape index (κ1) is 19.9. The zero-order valence-corrected chi connectivity index (χ0v) is 14.9. The van der Waals surface area contributed by atoms with Gasteiger partial charge in [0.2, 0.25) is 0 Å². The summed E-state index contributed by atoms with van der Waals surface area (Å²) in [6.07, 6.45) is -3.04. The lowest BCUT2D eigenvalue weighted by Gasteiger charge is -2.20. The van der Waals surface area contributed by atoms with Crippen molar-refractivity contribution in [1.82, 2.24) is 14.9 Å². The fourth-order valence-electron chi connectivity index (χ4n) is 3.13. The van der Waals surface area contributed by atoms with Crippen LogP contribution in [0.1, 0.15) is 57.2 Å². The molecule has 2 aromatic heterocycles. The highest BCUT2D eigenvalue weighted by atomic mass is 19.4. The molecular formula is C18H18F3N3O4. The third-order valence-corrected chi connectivity index (χ3v) is 4.56. The lowest BCUT2D eigenvalue weighted by Crippen LogP contribution is -2.30. The van der Waals surface area contributed by atoms with Gasteiger partial charge in [0, 0.05) is 12.7 Å². The minimum atomic E-state index is -4.54. The second kappa shape index (κ2) is 7.63. The molecule has 0 aliphatic carbocycles. The van der Waals surface area contributed by atoms with Crippen LogP contribution in [-0.2, 0) is 24.1 Å². The average Bonchev–Trinajstić information content (AvgIpc) is 3.05. The summed E-state index contributed by atoms with van der Waals surface area (Å²) in [6, 6.07) is 2.85. The first-order chi connectivity index (χ1) is 13.2. The lowest BCUT2D eigenvalue weighted by molar-refractivity contribution is -0.141. The molecule has 1 atom stereocenters. The standard InChI is InChI=1S/C18H18F3N3O4/c1-2-12(10-3-4-15(22-8-10)18(19,20)21)23-16(25)11-7-13(17(26)27)24-5-6-28-9-14(11)24/h3-4,7-8,12H,2,5-6,9H2,1H3,(H,23,25)(H,26,27)/t12-/m1/s1. The molecule has 150 valence electrons. The van der Waals surface area contributed by atoms with Crippen molar-refractivity contribution in [1.29, 1.82) is 0 Å². The molecule has 28 heavy (non-hydrogen) atoms. The van der Waals surface area contributed by atoms with Crippen LogP contribution < -0.4 is 5.32 Å². The summed E-state index contributed by atoms with van der Waals surface area (Å²) in [7, 11) is 0. The van der Waals surface area contributed by atoms with Gasteiger partial charge in [0.1, 0.15) is 11.4 Å². The first-order valence-electron chi connectivity index (χ1n) is 8.59. The Kier molecular flexibility index (Phi) is 5.41. The predicted octanol–water partition coefficient (Wildman–Crippen LogP) is 3.01. The number of nitrogens with zero attached hydrogens (tertiary/aromatic N) is 2. The molecule has 1 aliphatic heterocycles. The van der Waals surface area contributed by atoms with Gasteiger partial charge in [-0.05, 0) is 24.1 Å². The molecule has 7 nitrogen and oxygen atoms in total. The van der Waals surface area contributed by atoms with E-state index in [9.17, 15) is 27.9 Å². The number of rotatable bonds is 5. The van der Waals surface area contributed by atoms with Gasteiger partial charge in [0.15, 0.2) is 0 Å². The number of alkyl halides is 3. The molecule has 0 radical (unpaired) electrons. The summed E-state index contributed by atoms with van der Waals surface area (Å²) in [5.41, 5.74) is 0.0403. The lowest BCUT2D eigenvalue weighted by atomic mass is 10.1. The van der Waals surface area contributed by atoms with E-state index in [1.807, 2.05) is 0 Å². The number of carbonyl (C=O) groups excluding carboxylic acids is 1. The number of hydrogen-bond donors (Lipinski definition) is 2. The van der Waals surface area contributed by atoms with Gasteiger partial charge in [-0.2, -0.15) is 13.2 Å². The molecular weight excluding hydrogens is 379 g/mol. The van der Waals surface area contributed by atoms with Crippen LogP contribution in [0.15, 0.2) is 24.4 Å². The van der Waals surface area contributed by atoms with Crippen LogP contribution in [0.3, 0.4) is 0 Å². The normalized spacial score (nSPS) is 15.0. The third kappa shape index (κ3) is 3.86. The highest BCUT2D eigenvalue weighted by molar-refractivity contribution is 5.99. The first-order valence-corrected chi connectivity index (χ1v) is 8.59. The Morgan fingerprint density at radius 2 is 2.14 bits per heavy atom. The van der Waals surface area contributed by atoms with Crippen LogP contribution in [0.25, 0.3) is 0 Å². The Hall–Kier alpha value is -2.88. The van der Waals surface area contributed by atoms with E-state index in [2.05, 4.69) is 10.3 Å². The van der Waals surface area contributed by atoms with E-state index in [-0.39, 0.29) is 17.9 Å². The highest BCUT2D eigenvalue weighted by Gasteiger charge is 2.32. The maximum absolute atomic E-state index is 12.7. The molecule has 2 aromatic rings. The van der Waals surface area contributed by atoms with Crippen molar-refractivity contribution < 1.29 is 32.6 Å². The maximum atomic E-state index is 12.7. The molecule has 0 bridgehead atoms. The smallest absolute Gasteiger partial charge is 0.433 e. The van der Waals surface area contributed by atoms with E-state index in [0.29, 0.717) is 30.8 Å². The van der Waals surface area contributed by atoms with Crippen molar-refractivity contribution in [3.05, 3.63) is 52.6 Å². The molecule has 0 fully saturated rings. The van der Waals surface area contributed by atoms with Crippen molar-refractivity contribution in [2.45, 2.75) is 38.7 Å². The van der Waals surface area contributed by atoms with E-state index in [1.165, 1.54) is 16.7 Å². The molecule has 0 aromatic carbocycles. The molecule has 1 amide bonds. The number of amides is 1. The summed E-state index contributed by atoms with van der Waals surface area (Å²) < 4.78 is 44.9. The number of carboxylic acids is 1. The number of nitrogens with one attached hydrogen (secondary N) is 1. The van der Waals surface area contributed by atoms with Crippen LogP contribution in [0, 0.1) is 0 Å². The summed E-state index contributed by atoms with van der Waals surface area (Å²) in [5.74, 6) is -1.67. The van der Waals surface area contributed by atoms with Gasteiger partial charge < -0.3 is 19.7 Å². The van der Waals surface area contributed by atoms with Crippen LogP contribution in [0.4, 0.5) is 13.2 Å². The Labute approximate surface area is 158 Å². The molecule has 0 saturated heterocycles. The topological polar surface area (TPSA) is 93.5 Å². The zero-order valence-electron chi connectivity index (χ0n) is 14.9. The third-order valence-electron chi connectivity index (χ3n) is 4.56. The molecule has 3 heterocycles. The number of aromatic carboxylic acids is 1. The minimum absolute atomic E-state index is 0.00676. The number of hydrogen-bond acceptors (Lipinski definition) is 4. The Morgan fingerprint density at radius 3 is 2.71 bits per heavy atom. The van der Waals surface area contributed by atoms with Crippen LogP contribution in [0.2, 0.25) is 0 Å². The van der Waals surface area contributed by atoms with Crippen LogP contribution in [-0.4, -0.2) is 33.1 Å². The SMILES string of the molecule is CC[C@@H](NC(=O)c1cc(C(=O)O)n2c1COCC2)c1ccc(C(F)(F)F)nc1. The van der Waals surface area contributed by atoms with E-state index >= 15 is 0 Å². The van der Waals surface area contributed by atoms with Crippen LogP contribution in [0.5, 0.6) is 0 Å². The molecule has 0 unspecified atom stereocenters. The van der Waals surface area contributed by atoms with Gasteiger partial charge >= 0.3 is 12.1 Å². The number of aromatic nitrogens is 2. The second-order valence-electron chi connectivity index (χ2n) is 6.31. The molecule has 2 N–H and O–H groups in total. The monoisotopic (exact) mass is 397 g/mol. The average molecular weight is 397 g/mol. The number of ether oxygens (including phenoxy) is 1. The zero-order chi connectivity index (χ0) is 20.5. The largest absolute Gasteiger partial charge is 0.477 e. The molecule has 10 heteroatoms. The number of carboxylic acid groups (broad SMARTS) is 1. The highest BCUT2D eigenvalue weighted by Crippen LogP contribution is 2.28.